The number of rotatable bonds is 2. The van der Waals surface area contributed by atoms with Crippen LogP contribution in [-0.4, -0.2) is 37.2 Å². The van der Waals surface area contributed by atoms with Crippen molar-refractivity contribution in [3.8, 4) is 0 Å². The average molecular weight is 414 g/mol. The van der Waals surface area contributed by atoms with Crippen molar-refractivity contribution in [2.75, 3.05) is 25.0 Å². The molecule has 0 aromatic heterocycles. The van der Waals surface area contributed by atoms with Gasteiger partial charge in [0.1, 0.15) is 0 Å². The van der Waals surface area contributed by atoms with Crippen LogP contribution < -0.4 is 10.2 Å². The minimum Gasteiger partial charge on any atom is -0.371 e. The summed E-state index contributed by atoms with van der Waals surface area (Å²) in [4.78, 5) is 5.40. The van der Waals surface area contributed by atoms with Crippen LogP contribution in [0.4, 0.5) is 5.69 Å². The molecule has 5 heterocycles. The van der Waals surface area contributed by atoms with Gasteiger partial charge in [-0.3, -0.25) is 4.90 Å². The summed E-state index contributed by atoms with van der Waals surface area (Å²) in [5.74, 6) is 0. The molecule has 1 spiro atoms. The topological polar surface area (TPSA) is 18.5 Å². The third kappa shape index (κ3) is 2.17. The van der Waals surface area contributed by atoms with Crippen LogP contribution in [-0.2, 0) is 10.8 Å². The molecule has 1 unspecified atom stereocenters. The maximum Gasteiger partial charge on any atom is 0.0714 e. The Bertz CT molecular complexity index is 1080. The first-order valence-corrected chi connectivity index (χ1v) is 12.0. The number of likely N-dealkylation sites (N-methyl/N-ethyl adjacent to an activating group) is 1. The molecule has 0 aliphatic carbocycles. The largest absolute Gasteiger partial charge is 0.371 e. The summed E-state index contributed by atoms with van der Waals surface area (Å²) in [7, 11) is 2.33. The summed E-state index contributed by atoms with van der Waals surface area (Å²) in [5, 5.41) is 4.03. The lowest BCUT2D eigenvalue weighted by atomic mass is 9.50. The Morgan fingerprint density at radius 2 is 1.87 bits per heavy atom. The summed E-state index contributed by atoms with van der Waals surface area (Å²) < 4.78 is 0. The van der Waals surface area contributed by atoms with E-state index < -0.39 is 0 Å². The Morgan fingerprint density at radius 3 is 2.65 bits per heavy atom. The molecule has 2 aromatic rings. The molecule has 7 rings (SSSR count). The van der Waals surface area contributed by atoms with Gasteiger partial charge in [-0.15, -0.1) is 0 Å². The molecule has 0 radical (unpaired) electrons. The van der Waals surface area contributed by atoms with Crippen molar-refractivity contribution in [3.05, 3.63) is 76.4 Å². The molecule has 3 nitrogen and oxygen atoms in total. The molecule has 0 saturated carbocycles. The molecule has 1 N–H and O–H groups in total. The Hall–Kier alpha value is -2.10. The highest BCUT2D eigenvalue weighted by Gasteiger charge is 2.71. The van der Waals surface area contributed by atoms with Crippen LogP contribution in [0.3, 0.4) is 0 Å². The third-order valence-corrected chi connectivity index (χ3v) is 9.20. The molecule has 2 bridgehead atoms. The zero-order chi connectivity index (χ0) is 21.5. The maximum atomic E-state index is 4.03. The number of nitrogens with one attached hydrogen (secondary N) is 1. The molecular formula is C28H35N3. The number of benzene rings is 2. The lowest BCUT2D eigenvalue weighted by Crippen LogP contribution is -2.68. The highest BCUT2D eigenvalue weighted by Crippen LogP contribution is 2.67. The fourth-order valence-corrected chi connectivity index (χ4v) is 8.08. The number of piperidine rings is 1. The summed E-state index contributed by atoms with van der Waals surface area (Å²) >= 11 is 0. The number of aryl methyl sites for hydroxylation is 1. The second kappa shape index (κ2) is 6.46. The summed E-state index contributed by atoms with van der Waals surface area (Å²) in [6, 6.07) is 17.1. The number of hydrogen-bond donors (Lipinski definition) is 1. The monoisotopic (exact) mass is 413 g/mol. The third-order valence-electron chi connectivity index (χ3n) is 9.20. The van der Waals surface area contributed by atoms with Crippen LogP contribution >= 0.6 is 0 Å². The fraction of sp³-hybridized carbons (Fsp3) is 0.500. The predicted octanol–water partition coefficient (Wildman–Crippen LogP) is 5.06. The Morgan fingerprint density at radius 1 is 1.06 bits per heavy atom. The van der Waals surface area contributed by atoms with E-state index in [4.69, 9.17) is 0 Å². The second-order valence-electron chi connectivity index (χ2n) is 10.6. The van der Waals surface area contributed by atoms with E-state index in [1.165, 1.54) is 35.2 Å². The second-order valence-corrected chi connectivity index (χ2v) is 10.6. The van der Waals surface area contributed by atoms with E-state index in [1.54, 1.807) is 11.1 Å². The first kappa shape index (κ1) is 19.6. The van der Waals surface area contributed by atoms with Crippen LogP contribution in [0.2, 0.25) is 0 Å². The Labute approximate surface area is 187 Å². The van der Waals surface area contributed by atoms with Crippen LogP contribution in [0.1, 0.15) is 61.9 Å². The van der Waals surface area contributed by atoms with E-state index >= 15 is 0 Å². The van der Waals surface area contributed by atoms with Crippen molar-refractivity contribution in [2.24, 2.45) is 0 Å². The molecule has 5 aliphatic rings. The van der Waals surface area contributed by atoms with Gasteiger partial charge in [0, 0.05) is 36.2 Å². The van der Waals surface area contributed by atoms with Crippen LogP contribution in [0.25, 0.3) is 0 Å². The van der Waals surface area contributed by atoms with E-state index in [-0.39, 0.29) is 10.8 Å². The number of fused-ring (bicyclic) bond motifs is 1. The molecule has 0 amide bonds. The summed E-state index contributed by atoms with van der Waals surface area (Å²) in [6.45, 7) is 11.6. The van der Waals surface area contributed by atoms with Gasteiger partial charge in [0.25, 0.3) is 0 Å². The molecule has 31 heavy (non-hydrogen) atoms. The van der Waals surface area contributed by atoms with Crippen molar-refractivity contribution in [1.29, 1.82) is 0 Å². The molecule has 3 heteroatoms. The molecular weight excluding hydrogens is 378 g/mol. The zero-order valence-electron chi connectivity index (χ0n) is 19.6. The first-order chi connectivity index (χ1) is 14.9. The number of hydrogen-bond acceptors (Lipinski definition) is 3. The fourth-order valence-electron chi connectivity index (χ4n) is 8.08. The molecule has 2 saturated heterocycles. The van der Waals surface area contributed by atoms with Crippen LogP contribution in [0.5, 0.6) is 0 Å². The number of allylic oxidation sites excluding steroid dienone is 1. The number of anilines is 1. The Kier molecular flexibility index (Phi) is 4.08. The highest BCUT2D eigenvalue weighted by molar-refractivity contribution is 5.72. The summed E-state index contributed by atoms with van der Waals surface area (Å²) in [6.07, 6.45) is 5.30. The van der Waals surface area contributed by atoms with Crippen molar-refractivity contribution in [2.45, 2.75) is 69.6 Å². The van der Waals surface area contributed by atoms with Crippen molar-refractivity contribution < 1.29 is 0 Å². The van der Waals surface area contributed by atoms with E-state index in [0.717, 1.165) is 13.1 Å². The first-order valence-electron chi connectivity index (χ1n) is 12.0. The average Bonchev–Trinajstić information content (AvgIpc) is 3.23. The van der Waals surface area contributed by atoms with Gasteiger partial charge in [0.2, 0.25) is 0 Å². The van der Waals surface area contributed by atoms with Gasteiger partial charge in [-0.2, -0.15) is 0 Å². The van der Waals surface area contributed by atoms with Crippen LogP contribution in [0, 0.1) is 6.92 Å². The van der Waals surface area contributed by atoms with Crippen molar-refractivity contribution in [3.63, 3.8) is 0 Å². The van der Waals surface area contributed by atoms with Gasteiger partial charge in [-0.1, -0.05) is 48.0 Å². The predicted molar refractivity (Wildman–Crippen MR) is 129 cm³/mol. The minimum absolute atomic E-state index is 0.0792. The normalized spacial score (nSPS) is 37.4. The zero-order valence-corrected chi connectivity index (χ0v) is 19.6. The van der Waals surface area contributed by atoms with Gasteiger partial charge < -0.3 is 10.2 Å². The van der Waals surface area contributed by atoms with E-state index in [1.807, 2.05) is 0 Å². The van der Waals surface area contributed by atoms with E-state index in [0.29, 0.717) is 18.2 Å². The lowest BCUT2D eigenvalue weighted by Gasteiger charge is -2.58. The molecule has 5 aliphatic heterocycles. The number of nitrogens with zero attached hydrogens (tertiary/aromatic N) is 2. The van der Waals surface area contributed by atoms with Gasteiger partial charge in [0.15, 0.2) is 0 Å². The van der Waals surface area contributed by atoms with Crippen LogP contribution in [0.15, 0.2) is 54.1 Å². The SMILES string of the molecule is CC(C)=C[C@@H]1c2cccc3c2[C@@]2(CCN1[C@H]1NCC[C@]12c1ccccc1C)[C@H](C)N3C. The maximum absolute atomic E-state index is 4.03. The van der Waals surface area contributed by atoms with E-state index in [9.17, 15) is 0 Å². The van der Waals surface area contributed by atoms with Gasteiger partial charge in [-0.05, 0) is 75.4 Å². The van der Waals surface area contributed by atoms with E-state index in [2.05, 4.69) is 98.4 Å². The quantitative estimate of drug-likeness (QED) is 0.695. The van der Waals surface area contributed by atoms with Gasteiger partial charge >= 0.3 is 0 Å². The standard InChI is InChI=1S/C28H35N3/c1-18(2)17-24-21-10-8-12-23-25(21)27(20(4)30(23)5)14-16-31(24)26-28(27,13-15-29-26)22-11-7-6-9-19(22)3/h6-12,17,20,24,26,29H,13-16H2,1-5H3/t20-,24+,26+,27+,28-/m0/s1. The van der Waals surface area contributed by atoms with Crippen molar-refractivity contribution in [1.82, 2.24) is 10.2 Å². The highest BCUT2D eigenvalue weighted by atomic mass is 15.4. The molecule has 162 valence electrons. The molecule has 6 atom stereocenters. The lowest BCUT2D eigenvalue weighted by molar-refractivity contribution is -0.00259. The Balaban J connectivity index is 1.76. The smallest absolute Gasteiger partial charge is 0.0714 e. The van der Waals surface area contributed by atoms with Crippen molar-refractivity contribution >= 4 is 5.69 Å². The summed E-state index contributed by atoms with van der Waals surface area (Å²) in [5.41, 5.74) is 9.25. The van der Waals surface area contributed by atoms with Gasteiger partial charge in [-0.25, -0.2) is 0 Å². The molecule has 2 aromatic carbocycles. The molecule has 2 fully saturated rings. The van der Waals surface area contributed by atoms with Gasteiger partial charge in [0.05, 0.1) is 12.2 Å². The minimum atomic E-state index is 0.0792.